The van der Waals surface area contributed by atoms with Crippen molar-refractivity contribution in [1.29, 1.82) is 0 Å². The van der Waals surface area contributed by atoms with E-state index in [1.54, 1.807) is 12.4 Å². The van der Waals surface area contributed by atoms with E-state index in [9.17, 15) is 4.79 Å². The maximum absolute atomic E-state index is 12.1. The van der Waals surface area contributed by atoms with Crippen molar-refractivity contribution in [1.82, 2.24) is 10.3 Å². The Kier molecular flexibility index (Phi) is 5.89. The quantitative estimate of drug-likeness (QED) is 0.474. The Morgan fingerprint density at radius 2 is 2.12 bits per heavy atom. The molecule has 4 nitrogen and oxygen atoms in total. The summed E-state index contributed by atoms with van der Waals surface area (Å²) in [5.41, 5.74) is 0.912. The van der Waals surface area contributed by atoms with Crippen molar-refractivity contribution in [2.45, 2.75) is 57.3 Å². The summed E-state index contributed by atoms with van der Waals surface area (Å²) in [7, 11) is -1.91. The van der Waals surface area contributed by atoms with E-state index in [0.717, 1.165) is 9.76 Å². The van der Waals surface area contributed by atoms with Gasteiger partial charge in [-0.2, -0.15) is 0 Å². The topological polar surface area (TPSA) is 51.2 Å². The summed E-state index contributed by atoms with van der Waals surface area (Å²) in [5, 5.41) is 3.03. The zero-order valence-electron chi connectivity index (χ0n) is 15.1. The molecule has 0 aromatic carbocycles. The van der Waals surface area contributed by atoms with Crippen LogP contribution in [0, 0.1) is 5.92 Å². The first-order valence-corrected chi connectivity index (χ1v) is 12.3. The van der Waals surface area contributed by atoms with E-state index in [0.29, 0.717) is 0 Å². The Morgan fingerprint density at radius 1 is 1.46 bits per heavy atom. The van der Waals surface area contributed by atoms with Gasteiger partial charge in [0.1, 0.15) is 0 Å². The maximum atomic E-state index is 12.1. The number of aromatic nitrogens is 1. The van der Waals surface area contributed by atoms with Crippen LogP contribution in [0.1, 0.15) is 33.3 Å². The lowest BCUT2D eigenvalue weighted by Gasteiger charge is -2.45. The number of rotatable bonds is 5. The molecule has 0 unspecified atom stereocenters. The van der Waals surface area contributed by atoms with Crippen LogP contribution in [0.3, 0.4) is 0 Å². The molecular weight excluding hydrogens is 356 g/mol. The number of carbonyl (C=O) groups is 1. The fraction of sp³-hybridized carbons (Fsp3) is 0.588. The first kappa shape index (κ1) is 19.6. The number of hydrogen-bond acceptors (Lipinski definition) is 5. The van der Waals surface area contributed by atoms with Gasteiger partial charge >= 0.3 is 0 Å². The highest BCUT2D eigenvalue weighted by Crippen LogP contribution is 2.40. The van der Waals surface area contributed by atoms with Gasteiger partial charge in [-0.05, 0) is 37.2 Å². The van der Waals surface area contributed by atoms with Crippen LogP contribution in [0.5, 0.6) is 0 Å². The standard InChI is InChI=1S/C17H26N2O2S2Si/c1-11(21-24(5,6)17(2,3)4)13-14(20)19-15(13)23-16(22)12-8-7-9-18-10-12/h7-11,13,15H,1-6H3,(H,19,20)/t11-,13+,15-/m1/s1. The van der Waals surface area contributed by atoms with E-state index in [-0.39, 0.29) is 28.3 Å². The number of pyridine rings is 1. The normalized spacial score (nSPS) is 22.5. The summed E-state index contributed by atoms with van der Waals surface area (Å²) in [6.07, 6.45) is 3.36. The second-order valence-corrected chi connectivity index (χ2v) is 14.3. The van der Waals surface area contributed by atoms with E-state index in [2.05, 4.69) is 44.2 Å². The van der Waals surface area contributed by atoms with Gasteiger partial charge in [-0.25, -0.2) is 0 Å². The maximum Gasteiger partial charge on any atom is 0.229 e. The number of nitrogens with zero attached hydrogens (tertiary/aromatic N) is 1. The summed E-state index contributed by atoms with van der Waals surface area (Å²) in [6, 6.07) is 3.80. The van der Waals surface area contributed by atoms with Crippen molar-refractivity contribution in [3.8, 4) is 0 Å². The highest BCUT2D eigenvalue weighted by molar-refractivity contribution is 8.24. The Bertz CT molecular complexity index is 617. The lowest BCUT2D eigenvalue weighted by Crippen LogP contribution is -2.62. The van der Waals surface area contributed by atoms with E-state index in [1.807, 2.05) is 19.1 Å². The van der Waals surface area contributed by atoms with E-state index < -0.39 is 8.32 Å². The lowest BCUT2D eigenvalue weighted by atomic mass is 9.96. The third-order valence-electron chi connectivity index (χ3n) is 4.84. The predicted molar refractivity (Wildman–Crippen MR) is 107 cm³/mol. The van der Waals surface area contributed by atoms with Crippen molar-refractivity contribution < 1.29 is 9.22 Å². The molecule has 1 fully saturated rings. The van der Waals surface area contributed by atoms with Gasteiger partial charge in [-0.15, -0.1) is 0 Å². The minimum absolute atomic E-state index is 0.0371. The molecule has 0 bridgehead atoms. The van der Waals surface area contributed by atoms with E-state index >= 15 is 0 Å². The number of carbonyl (C=O) groups excluding carboxylic acids is 1. The van der Waals surface area contributed by atoms with E-state index in [4.69, 9.17) is 16.6 Å². The fourth-order valence-electron chi connectivity index (χ4n) is 2.31. The van der Waals surface area contributed by atoms with Crippen molar-refractivity contribution in [2.24, 2.45) is 5.92 Å². The molecule has 7 heteroatoms. The van der Waals surface area contributed by atoms with Crippen molar-refractivity contribution >= 4 is 42.4 Å². The number of thiocarbonyl (C=S) groups is 1. The molecule has 24 heavy (non-hydrogen) atoms. The molecular formula is C17H26N2O2S2Si. The minimum Gasteiger partial charge on any atom is -0.413 e. The summed E-state index contributed by atoms with van der Waals surface area (Å²) >= 11 is 6.99. The lowest BCUT2D eigenvalue weighted by molar-refractivity contribution is -0.136. The van der Waals surface area contributed by atoms with Gasteiger partial charge in [-0.1, -0.05) is 44.8 Å². The first-order chi connectivity index (χ1) is 11.0. The van der Waals surface area contributed by atoms with Crippen molar-refractivity contribution in [3.05, 3.63) is 30.1 Å². The summed E-state index contributed by atoms with van der Waals surface area (Å²) in [6.45, 7) is 13.0. The van der Waals surface area contributed by atoms with Gasteiger partial charge in [0.25, 0.3) is 0 Å². The third-order valence-corrected chi connectivity index (χ3v) is 11.0. The van der Waals surface area contributed by atoms with Crippen LogP contribution >= 0.6 is 24.0 Å². The van der Waals surface area contributed by atoms with Crippen LogP contribution in [0.2, 0.25) is 18.1 Å². The summed E-state index contributed by atoms with van der Waals surface area (Å²) in [5.74, 6) is -0.119. The van der Waals surface area contributed by atoms with Crippen LogP contribution < -0.4 is 5.32 Å². The molecule has 1 N–H and O–H groups in total. The van der Waals surface area contributed by atoms with Crippen LogP contribution in [-0.2, 0) is 9.22 Å². The number of β-lactam (4-membered cyclic amide) rings is 1. The molecule has 1 amide bonds. The largest absolute Gasteiger partial charge is 0.413 e. The minimum atomic E-state index is -1.91. The van der Waals surface area contributed by atoms with Crippen LogP contribution in [0.25, 0.3) is 0 Å². The molecule has 3 atom stereocenters. The molecule has 0 aliphatic carbocycles. The summed E-state index contributed by atoms with van der Waals surface area (Å²) in [4.78, 5) is 16.2. The van der Waals surface area contributed by atoms with Crippen LogP contribution in [0.4, 0.5) is 0 Å². The van der Waals surface area contributed by atoms with Gasteiger partial charge in [0.15, 0.2) is 8.32 Å². The third kappa shape index (κ3) is 4.25. The molecule has 1 aromatic heterocycles. The van der Waals surface area contributed by atoms with Crippen molar-refractivity contribution in [2.75, 3.05) is 0 Å². The van der Waals surface area contributed by atoms with Gasteiger partial charge in [-0.3, -0.25) is 9.78 Å². The van der Waals surface area contributed by atoms with Crippen LogP contribution in [-0.4, -0.2) is 34.9 Å². The molecule has 2 rings (SSSR count). The molecule has 1 aromatic rings. The molecule has 1 aliphatic heterocycles. The smallest absolute Gasteiger partial charge is 0.229 e. The molecule has 0 radical (unpaired) electrons. The molecule has 0 saturated carbocycles. The van der Waals surface area contributed by atoms with Gasteiger partial charge in [0.2, 0.25) is 5.91 Å². The number of thioether (sulfide) groups is 1. The molecule has 1 saturated heterocycles. The zero-order valence-corrected chi connectivity index (χ0v) is 17.8. The second kappa shape index (κ2) is 7.23. The number of amides is 1. The zero-order chi connectivity index (χ0) is 18.1. The highest BCUT2D eigenvalue weighted by Gasteiger charge is 2.48. The SMILES string of the molecule is C[C@@H](O[Si](C)(C)C(C)(C)C)[C@H]1C(=O)N[C@@H]1SC(=S)c1cccnc1. The molecule has 0 spiro atoms. The Labute approximate surface area is 155 Å². The average molecular weight is 383 g/mol. The summed E-state index contributed by atoms with van der Waals surface area (Å²) < 4.78 is 7.15. The van der Waals surface area contributed by atoms with Gasteiger partial charge in [0, 0.05) is 18.0 Å². The Hall–Kier alpha value is -0.763. The number of nitrogens with one attached hydrogen (secondary N) is 1. The fourth-order valence-corrected chi connectivity index (χ4v) is 5.33. The number of hydrogen-bond donors (Lipinski definition) is 1. The predicted octanol–water partition coefficient (Wildman–Crippen LogP) is 3.97. The van der Waals surface area contributed by atoms with Crippen molar-refractivity contribution in [3.63, 3.8) is 0 Å². The highest BCUT2D eigenvalue weighted by atomic mass is 32.2. The van der Waals surface area contributed by atoms with Crippen LogP contribution in [0.15, 0.2) is 24.5 Å². The van der Waals surface area contributed by atoms with Gasteiger partial charge in [0.05, 0.1) is 21.6 Å². The Morgan fingerprint density at radius 3 is 2.62 bits per heavy atom. The monoisotopic (exact) mass is 382 g/mol. The molecule has 132 valence electrons. The van der Waals surface area contributed by atoms with E-state index in [1.165, 1.54) is 11.8 Å². The molecule has 2 heterocycles. The van der Waals surface area contributed by atoms with Gasteiger partial charge < -0.3 is 9.74 Å². The second-order valence-electron chi connectivity index (χ2n) is 7.69. The Balaban J connectivity index is 2.02. The molecule has 1 aliphatic rings. The average Bonchev–Trinajstić information content (AvgIpc) is 2.45. The first-order valence-electron chi connectivity index (χ1n) is 8.12.